The van der Waals surface area contributed by atoms with E-state index in [1.807, 2.05) is 46.2 Å². The Labute approximate surface area is 129 Å². The van der Waals surface area contributed by atoms with Crippen LogP contribution in [0.25, 0.3) is 0 Å². The lowest BCUT2D eigenvalue weighted by molar-refractivity contribution is -0.120. The molecule has 1 aliphatic heterocycles. The molecule has 1 heterocycles. The highest BCUT2D eigenvalue weighted by Gasteiger charge is 2.48. The number of rotatable bonds is 5. The summed E-state index contributed by atoms with van der Waals surface area (Å²) in [6.07, 6.45) is 3.14. The largest absolute Gasteiger partial charge is 0.311 e. The highest BCUT2D eigenvalue weighted by Crippen LogP contribution is 2.60. The fourth-order valence-corrected chi connectivity index (χ4v) is 5.87. The first-order valence-corrected chi connectivity index (χ1v) is 9.39. The van der Waals surface area contributed by atoms with Crippen LogP contribution in [0.3, 0.4) is 0 Å². The number of hydrogen-bond donors (Lipinski definition) is 0. The van der Waals surface area contributed by atoms with E-state index < -0.39 is 13.1 Å². The molecule has 1 saturated heterocycles. The van der Waals surface area contributed by atoms with E-state index in [1.54, 1.807) is 6.08 Å². The van der Waals surface area contributed by atoms with Gasteiger partial charge in [0.1, 0.15) is 5.78 Å². The molecule has 0 saturated carbocycles. The minimum Gasteiger partial charge on any atom is -0.311 e. The highest BCUT2D eigenvalue weighted by molar-refractivity contribution is 7.57. The number of allylic oxidation sites excluding steroid dienone is 1. The summed E-state index contributed by atoms with van der Waals surface area (Å²) >= 11 is 0. The van der Waals surface area contributed by atoms with Gasteiger partial charge in [0, 0.05) is 18.0 Å². The highest BCUT2D eigenvalue weighted by atomic mass is 31.2. The van der Waals surface area contributed by atoms with Gasteiger partial charge < -0.3 is 4.52 Å². The first-order valence-electron chi connectivity index (χ1n) is 7.63. The molecule has 5 heteroatoms. The maximum atomic E-state index is 13.4. The van der Waals surface area contributed by atoms with Gasteiger partial charge in [0.15, 0.2) is 0 Å². The molecule has 2 unspecified atom stereocenters. The lowest BCUT2D eigenvalue weighted by atomic mass is 10.0. The standard InChI is InChI=1S/C16H30NO3P/c1-8-9-13(2)14(18)12-21(19)17(15(3,4)5)11-10-16(6,7)20-21/h8,13H,1,9-12H2,2-7H3. The van der Waals surface area contributed by atoms with Crippen molar-refractivity contribution in [3.05, 3.63) is 12.7 Å². The number of Topliss-reactive ketones (excluding diaryl/α,β-unsaturated/α-hetero) is 1. The second-order valence-electron chi connectivity index (χ2n) is 7.58. The van der Waals surface area contributed by atoms with E-state index >= 15 is 0 Å². The molecule has 21 heavy (non-hydrogen) atoms. The molecule has 0 aromatic carbocycles. The van der Waals surface area contributed by atoms with E-state index in [2.05, 4.69) is 6.58 Å². The van der Waals surface area contributed by atoms with Gasteiger partial charge in [0.2, 0.25) is 0 Å². The van der Waals surface area contributed by atoms with Crippen LogP contribution in [0.5, 0.6) is 0 Å². The molecule has 0 spiro atoms. The SMILES string of the molecule is C=CCC(C)C(=O)CP1(=O)OC(C)(C)CCN1C(C)(C)C. The van der Waals surface area contributed by atoms with Crippen molar-refractivity contribution in [2.75, 3.05) is 12.7 Å². The molecule has 1 rings (SSSR count). The number of nitrogens with zero attached hydrogens (tertiary/aromatic N) is 1. The Morgan fingerprint density at radius 1 is 1.48 bits per heavy atom. The topological polar surface area (TPSA) is 46.6 Å². The van der Waals surface area contributed by atoms with Crippen LogP contribution in [0.2, 0.25) is 0 Å². The van der Waals surface area contributed by atoms with Gasteiger partial charge in [0.25, 0.3) is 7.52 Å². The van der Waals surface area contributed by atoms with E-state index in [0.717, 1.165) is 6.42 Å². The van der Waals surface area contributed by atoms with Gasteiger partial charge >= 0.3 is 0 Å². The van der Waals surface area contributed by atoms with Gasteiger partial charge in [-0.25, -0.2) is 4.67 Å². The minimum atomic E-state index is -3.15. The predicted octanol–water partition coefficient (Wildman–Crippen LogP) is 4.26. The summed E-state index contributed by atoms with van der Waals surface area (Å²) in [4.78, 5) is 12.4. The van der Waals surface area contributed by atoms with Crippen LogP contribution in [0.15, 0.2) is 12.7 Å². The third kappa shape index (κ3) is 4.77. The van der Waals surface area contributed by atoms with Crippen molar-refractivity contribution in [1.82, 2.24) is 4.67 Å². The molecule has 0 amide bonds. The lowest BCUT2D eigenvalue weighted by Crippen LogP contribution is -2.48. The van der Waals surface area contributed by atoms with E-state index in [4.69, 9.17) is 4.52 Å². The predicted molar refractivity (Wildman–Crippen MR) is 87.7 cm³/mol. The van der Waals surface area contributed by atoms with Gasteiger partial charge in [0.05, 0.1) is 11.8 Å². The maximum Gasteiger partial charge on any atom is 0.280 e. The summed E-state index contributed by atoms with van der Waals surface area (Å²) in [6.45, 7) is 16.1. The molecule has 0 N–H and O–H groups in total. The van der Waals surface area contributed by atoms with Crippen molar-refractivity contribution in [2.45, 2.75) is 65.5 Å². The summed E-state index contributed by atoms with van der Waals surface area (Å²) < 4.78 is 21.2. The first kappa shape index (κ1) is 18.6. The van der Waals surface area contributed by atoms with Gasteiger partial charge in [-0.2, -0.15) is 0 Å². The Morgan fingerprint density at radius 3 is 2.52 bits per heavy atom. The molecule has 2 atom stereocenters. The van der Waals surface area contributed by atoms with E-state index in [9.17, 15) is 9.36 Å². The molecule has 0 bridgehead atoms. The Balaban J connectivity index is 3.01. The zero-order valence-electron chi connectivity index (χ0n) is 14.3. The van der Waals surface area contributed by atoms with Crippen LogP contribution in [-0.2, 0) is 13.9 Å². The van der Waals surface area contributed by atoms with Crippen LogP contribution < -0.4 is 0 Å². The summed E-state index contributed by atoms with van der Waals surface area (Å²) in [5, 5.41) is 0. The maximum absolute atomic E-state index is 13.4. The van der Waals surface area contributed by atoms with Gasteiger partial charge in [-0.05, 0) is 47.5 Å². The second kappa shape index (κ2) is 6.36. The molecular formula is C16H30NO3P. The monoisotopic (exact) mass is 315 g/mol. The smallest absolute Gasteiger partial charge is 0.280 e. The van der Waals surface area contributed by atoms with Crippen molar-refractivity contribution in [3.8, 4) is 0 Å². The zero-order chi connectivity index (χ0) is 16.5. The third-order valence-electron chi connectivity index (χ3n) is 3.88. The summed E-state index contributed by atoms with van der Waals surface area (Å²) in [5.74, 6) is -0.172. The van der Waals surface area contributed by atoms with E-state index in [0.29, 0.717) is 13.0 Å². The lowest BCUT2D eigenvalue weighted by Gasteiger charge is -2.48. The Kier molecular flexibility index (Phi) is 5.63. The van der Waals surface area contributed by atoms with Crippen molar-refractivity contribution < 1.29 is 13.9 Å². The van der Waals surface area contributed by atoms with Crippen LogP contribution in [0.4, 0.5) is 0 Å². The molecule has 0 radical (unpaired) electrons. The number of ketones is 1. The Morgan fingerprint density at radius 2 is 2.05 bits per heavy atom. The normalized spacial score (nSPS) is 28.1. The molecule has 0 aliphatic carbocycles. The van der Waals surface area contributed by atoms with Crippen LogP contribution >= 0.6 is 7.52 Å². The molecule has 1 aliphatic rings. The second-order valence-corrected chi connectivity index (χ2v) is 9.84. The van der Waals surface area contributed by atoms with E-state index in [-0.39, 0.29) is 23.4 Å². The fourth-order valence-electron chi connectivity index (χ4n) is 2.65. The third-order valence-corrected chi connectivity index (χ3v) is 6.91. The molecule has 1 fully saturated rings. The summed E-state index contributed by atoms with van der Waals surface area (Å²) in [5.41, 5.74) is -0.729. The number of hydrogen-bond acceptors (Lipinski definition) is 3. The Hall–Kier alpha value is -0.440. The zero-order valence-corrected chi connectivity index (χ0v) is 15.2. The molecular weight excluding hydrogens is 285 g/mol. The Bertz CT molecular complexity index is 451. The average Bonchev–Trinajstić information content (AvgIpc) is 2.24. The fraction of sp³-hybridized carbons (Fsp3) is 0.812. The number of carbonyl (C=O) groups is 1. The molecule has 4 nitrogen and oxygen atoms in total. The van der Waals surface area contributed by atoms with E-state index in [1.165, 1.54) is 0 Å². The average molecular weight is 315 g/mol. The molecule has 0 aromatic rings. The van der Waals surface area contributed by atoms with Crippen LogP contribution in [0.1, 0.15) is 54.4 Å². The van der Waals surface area contributed by atoms with Gasteiger partial charge in [-0.3, -0.25) is 9.36 Å². The number of carbonyl (C=O) groups excluding carboxylic acids is 1. The van der Waals surface area contributed by atoms with Gasteiger partial charge in [-0.1, -0.05) is 13.0 Å². The van der Waals surface area contributed by atoms with Crippen LogP contribution in [0, 0.1) is 5.92 Å². The van der Waals surface area contributed by atoms with Crippen molar-refractivity contribution in [3.63, 3.8) is 0 Å². The quantitative estimate of drug-likeness (QED) is 0.562. The summed E-state index contributed by atoms with van der Waals surface area (Å²) in [7, 11) is -3.15. The summed E-state index contributed by atoms with van der Waals surface area (Å²) in [6, 6.07) is 0. The minimum absolute atomic E-state index is 0.00909. The first-order chi connectivity index (χ1) is 9.41. The van der Waals surface area contributed by atoms with Crippen LogP contribution in [-0.4, -0.2) is 34.3 Å². The van der Waals surface area contributed by atoms with Crippen molar-refractivity contribution in [2.24, 2.45) is 5.92 Å². The van der Waals surface area contributed by atoms with Gasteiger partial charge in [-0.15, -0.1) is 6.58 Å². The molecule has 0 aromatic heterocycles. The molecule has 122 valence electrons. The van der Waals surface area contributed by atoms with Crippen molar-refractivity contribution in [1.29, 1.82) is 0 Å². The van der Waals surface area contributed by atoms with Crippen molar-refractivity contribution >= 4 is 13.3 Å².